The first-order valence-electron chi connectivity index (χ1n) is 9.37. The molecule has 2 N–H and O–H groups in total. The lowest BCUT2D eigenvalue weighted by Gasteiger charge is -2.36. The van der Waals surface area contributed by atoms with Crippen LogP contribution in [-0.4, -0.2) is 53.5 Å². The summed E-state index contributed by atoms with van der Waals surface area (Å²) in [6, 6.07) is 0. The van der Waals surface area contributed by atoms with Gasteiger partial charge >= 0.3 is 5.97 Å². The highest BCUT2D eigenvalue weighted by atomic mass is 16.7. The fourth-order valence-electron chi connectivity index (χ4n) is 2.65. The Bertz CT molecular complexity index is 407. The number of aliphatic hydroxyl groups is 2. The van der Waals surface area contributed by atoms with Gasteiger partial charge in [-0.05, 0) is 32.6 Å². The van der Waals surface area contributed by atoms with Gasteiger partial charge in [-0.15, -0.1) is 0 Å². The SMILES string of the molecule is CCC(CC)COC(=O)/C=C/CC[C@@H](C)O[C@@H]1O[C@@H](C)[C@H](O)C[C@H]1O. The second kappa shape index (κ2) is 11.6. The Labute approximate surface area is 151 Å². The van der Waals surface area contributed by atoms with E-state index >= 15 is 0 Å². The molecule has 1 aliphatic heterocycles. The van der Waals surface area contributed by atoms with Crippen molar-refractivity contribution in [3.05, 3.63) is 12.2 Å². The highest BCUT2D eigenvalue weighted by Gasteiger charge is 2.35. The van der Waals surface area contributed by atoms with Crippen LogP contribution in [0.15, 0.2) is 12.2 Å². The molecular weight excluding hydrogens is 324 g/mol. The van der Waals surface area contributed by atoms with Crippen LogP contribution < -0.4 is 0 Å². The van der Waals surface area contributed by atoms with Crippen molar-refractivity contribution in [3.8, 4) is 0 Å². The first-order chi connectivity index (χ1) is 11.9. The molecule has 146 valence electrons. The van der Waals surface area contributed by atoms with Crippen molar-refractivity contribution in [2.24, 2.45) is 5.92 Å². The molecule has 0 aromatic rings. The molecule has 1 aliphatic rings. The van der Waals surface area contributed by atoms with E-state index in [-0.39, 0.29) is 24.6 Å². The maximum atomic E-state index is 11.6. The van der Waals surface area contributed by atoms with Crippen LogP contribution in [0.4, 0.5) is 0 Å². The molecule has 1 rings (SSSR count). The van der Waals surface area contributed by atoms with Gasteiger partial charge in [0.1, 0.15) is 6.10 Å². The van der Waals surface area contributed by atoms with Crippen molar-refractivity contribution in [2.75, 3.05) is 6.61 Å². The molecule has 0 aliphatic carbocycles. The van der Waals surface area contributed by atoms with Crippen molar-refractivity contribution in [1.82, 2.24) is 0 Å². The minimum absolute atomic E-state index is 0.132. The minimum Gasteiger partial charge on any atom is -0.462 e. The third-order valence-corrected chi connectivity index (χ3v) is 4.66. The molecule has 0 unspecified atom stereocenters. The van der Waals surface area contributed by atoms with Gasteiger partial charge in [0.2, 0.25) is 0 Å². The lowest BCUT2D eigenvalue weighted by atomic mass is 10.0. The van der Waals surface area contributed by atoms with Gasteiger partial charge in [-0.25, -0.2) is 4.79 Å². The summed E-state index contributed by atoms with van der Waals surface area (Å²) in [6.07, 6.45) is 4.16. The molecule has 0 bridgehead atoms. The Balaban J connectivity index is 2.23. The summed E-state index contributed by atoms with van der Waals surface area (Å²) in [5.74, 6) is 0.114. The van der Waals surface area contributed by atoms with Gasteiger partial charge in [0, 0.05) is 12.5 Å². The molecule has 0 amide bonds. The zero-order valence-electron chi connectivity index (χ0n) is 15.9. The van der Waals surface area contributed by atoms with Crippen LogP contribution in [0.1, 0.15) is 59.8 Å². The summed E-state index contributed by atoms with van der Waals surface area (Å²) in [6.45, 7) is 8.30. The summed E-state index contributed by atoms with van der Waals surface area (Å²) in [7, 11) is 0. The molecule has 6 heteroatoms. The highest BCUT2D eigenvalue weighted by Crippen LogP contribution is 2.22. The maximum absolute atomic E-state index is 11.6. The van der Waals surface area contributed by atoms with Gasteiger partial charge < -0.3 is 24.4 Å². The van der Waals surface area contributed by atoms with Crippen molar-refractivity contribution >= 4 is 5.97 Å². The normalized spacial score (nSPS) is 28.4. The number of aliphatic hydroxyl groups excluding tert-OH is 2. The van der Waals surface area contributed by atoms with Gasteiger partial charge in [-0.3, -0.25) is 0 Å². The van der Waals surface area contributed by atoms with Gasteiger partial charge in [0.05, 0.1) is 24.9 Å². The van der Waals surface area contributed by atoms with Gasteiger partial charge in [-0.1, -0.05) is 32.8 Å². The van der Waals surface area contributed by atoms with E-state index in [2.05, 4.69) is 13.8 Å². The van der Waals surface area contributed by atoms with E-state index in [0.717, 1.165) is 12.8 Å². The fraction of sp³-hybridized carbons (Fsp3) is 0.842. The number of carbonyl (C=O) groups is 1. The van der Waals surface area contributed by atoms with E-state index in [1.165, 1.54) is 6.08 Å². The molecule has 0 radical (unpaired) electrons. The number of hydrogen-bond donors (Lipinski definition) is 2. The van der Waals surface area contributed by atoms with Crippen molar-refractivity contribution in [2.45, 2.75) is 90.5 Å². The van der Waals surface area contributed by atoms with Crippen molar-refractivity contribution < 1.29 is 29.2 Å². The second-order valence-corrected chi connectivity index (χ2v) is 6.82. The van der Waals surface area contributed by atoms with Crippen LogP contribution in [0.25, 0.3) is 0 Å². The Morgan fingerprint density at radius 2 is 1.96 bits per heavy atom. The number of allylic oxidation sites excluding steroid dienone is 1. The third-order valence-electron chi connectivity index (χ3n) is 4.66. The summed E-state index contributed by atoms with van der Waals surface area (Å²) in [5, 5.41) is 19.6. The monoisotopic (exact) mass is 358 g/mol. The number of rotatable bonds is 10. The summed E-state index contributed by atoms with van der Waals surface area (Å²) < 4.78 is 16.4. The van der Waals surface area contributed by atoms with Crippen LogP contribution in [0, 0.1) is 5.92 Å². The smallest absolute Gasteiger partial charge is 0.330 e. The highest BCUT2D eigenvalue weighted by molar-refractivity contribution is 5.81. The Kier molecular flexibility index (Phi) is 10.3. The quantitative estimate of drug-likeness (QED) is 0.461. The van der Waals surface area contributed by atoms with Crippen LogP contribution in [0.2, 0.25) is 0 Å². The predicted octanol–water partition coefficient (Wildman–Crippen LogP) is 2.56. The predicted molar refractivity (Wildman–Crippen MR) is 94.9 cm³/mol. The zero-order chi connectivity index (χ0) is 18.8. The molecule has 1 heterocycles. The van der Waals surface area contributed by atoms with E-state index in [4.69, 9.17) is 14.2 Å². The summed E-state index contributed by atoms with van der Waals surface area (Å²) in [5.41, 5.74) is 0. The molecule has 0 saturated carbocycles. The first kappa shape index (κ1) is 22.1. The molecule has 0 aromatic carbocycles. The van der Waals surface area contributed by atoms with E-state index in [1.54, 1.807) is 13.0 Å². The standard InChI is InChI=1S/C19H34O6/c1-5-15(6-2)12-23-18(22)10-8-7-9-13(3)24-19-17(21)11-16(20)14(4)25-19/h8,10,13-17,19-21H,5-7,9,11-12H2,1-4H3/b10-8+/t13-,14+,16-,17-,19-/m1/s1. The van der Waals surface area contributed by atoms with Gasteiger partial charge in [0.15, 0.2) is 6.29 Å². The number of hydrogen-bond acceptors (Lipinski definition) is 6. The molecule has 1 fully saturated rings. The molecule has 5 atom stereocenters. The van der Waals surface area contributed by atoms with Crippen molar-refractivity contribution in [1.29, 1.82) is 0 Å². The van der Waals surface area contributed by atoms with Crippen LogP contribution in [0.3, 0.4) is 0 Å². The lowest BCUT2D eigenvalue weighted by molar-refractivity contribution is -0.273. The topological polar surface area (TPSA) is 85.2 Å². The molecule has 0 spiro atoms. The van der Waals surface area contributed by atoms with Crippen LogP contribution >= 0.6 is 0 Å². The molecule has 0 aromatic heterocycles. The number of esters is 1. The second-order valence-electron chi connectivity index (χ2n) is 6.82. The zero-order valence-corrected chi connectivity index (χ0v) is 15.9. The minimum atomic E-state index is -0.829. The van der Waals surface area contributed by atoms with E-state index < -0.39 is 18.5 Å². The third kappa shape index (κ3) is 8.31. The van der Waals surface area contributed by atoms with Gasteiger partial charge in [-0.2, -0.15) is 0 Å². The van der Waals surface area contributed by atoms with Crippen LogP contribution in [0.5, 0.6) is 0 Å². The van der Waals surface area contributed by atoms with E-state index in [9.17, 15) is 15.0 Å². The average Bonchev–Trinajstić information content (AvgIpc) is 2.57. The lowest BCUT2D eigenvalue weighted by Crippen LogP contribution is -2.48. The maximum Gasteiger partial charge on any atom is 0.330 e. The average molecular weight is 358 g/mol. The Hall–Kier alpha value is -0.950. The first-order valence-corrected chi connectivity index (χ1v) is 9.37. The summed E-state index contributed by atoms with van der Waals surface area (Å²) in [4.78, 5) is 11.6. The Morgan fingerprint density at radius 3 is 2.60 bits per heavy atom. The fourth-order valence-corrected chi connectivity index (χ4v) is 2.65. The number of ether oxygens (including phenoxy) is 3. The van der Waals surface area contributed by atoms with Crippen LogP contribution in [-0.2, 0) is 19.0 Å². The molecular formula is C19H34O6. The molecule has 6 nitrogen and oxygen atoms in total. The number of carbonyl (C=O) groups excluding carboxylic acids is 1. The van der Waals surface area contributed by atoms with E-state index in [0.29, 0.717) is 25.4 Å². The Morgan fingerprint density at radius 1 is 1.28 bits per heavy atom. The molecule has 1 saturated heterocycles. The molecule has 25 heavy (non-hydrogen) atoms. The van der Waals surface area contributed by atoms with Crippen molar-refractivity contribution in [3.63, 3.8) is 0 Å². The summed E-state index contributed by atoms with van der Waals surface area (Å²) >= 11 is 0. The van der Waals surface area contributed by atoms with Gasteiger partial charge in [0.25, 0.3) is 0 Å². The largest absolute Gasteiger partial charge is 0.462 e. The van der Waals surface area contributed by atoms with E-state index in [1.807, 2.05) is 6.92 Å².